The third-order valence-electron chi connectivity index (χ3n) is 4.13. The van der Waals surface area contributed by atoms with Crippen LogP contribution in [0, 0.1) is 11.7 Å². The van der Waals surface area contributed by atoms with Crippen LogP contribution in [0.25, 0.3) is 0 Å². The second kappa shape index (κ2) is 8.03. The SMILES string of the molecule is CC(C)CC1CC(C(=O)Nc2ncc(Cc3ccc(F)cc3)s2)NN1. The summed E-state index contributed by atoms with van der Waals surface area (Å²) in [5.41, 5.74) is 7.27. The van der Waals surface area contributed by atoms with Crippen LogP contribution in [0.4, 0.5) is 9.52 Å². The summed E-state index contributed by atoms with van der Waals surface area (Å²) in [6.45, 7) is 4.35. The minimum absolute atomic E-state index is 0.0681. The van der Waals surface area contributed by atoms with Crippen LogP contribution in [0.5, 0.6) is 0 Å². The molecule has 3 N–H and O–H groups in total. The predicted molar refractivity (Wildman–Crippen MR) is 97.9 cm³/mol. The number of nitrogens with one attached hydrogen (secondary N) is 3. The van der Waals surface area contributed by atoms with Gasteiger partial charge < -0.3 is 5.32 Å². The van der Waals surface area contributed by atoms with Crippen LogP contribution >= 0.6 is 11.3 Å². The van der Waals surface area contributed by atoms with Gasteiger partial charge in [0.2, 0.25) is 5.91 Å². The van der Waals surface area contributed by atoms with Gasteiger partial charge in [-0.15, -0.1) is 11.3 Å². The molecule has 0 bridgehead atoms. The number of carbonyl (C=O) groups excluding carboxylic acids is 1. The number of benzene rings is 1. The Morgan fingerprint density at radius 1 is 1.36 bits per heavy atom. The molecule has 0 spiro atoms. The Morgan fingerprint density at radius 2 is 2.12 bits per heavy atom. The van der Waals surface area contributed by atoms with Gasteiger partial charge in [-0.3, -0.25) is 10.2 Å². The predicted octanol–water partition coefficient (Wildman–Crippen LogP) is 3.09. The highest BCUT2D eigenvalue weighted by Crippen LogP contribution is 2.22. The number of anilines is 1. The van der Waals surface area contributed by atoms with Crippen molar-refractivity contribution in [2.75, 3.05) is 5.32 Å². The zero-order valence-electron chi connectivity index (χ0n) is 14.4. The maximum atomic E-state index is 12.9. The molecule has 25 heavy (non-hydrogen) atoms. The van der Waals surface area contributed by atoms with E-state index in [9.17, 15) is 9.18 Å². The number of halogens is 1. The molecule has 2 unspecified atom stereocenters. The highest BCUT2D eigenvalue weighted by molar-refractivity contribution is 7.15. The van der Waals surface area contributed by atoms with E-state index in [0.29, 0.717) is 23.5 Å². The number of hydrogen-bond donors (Lipinski definition) is 3. The van der Waals surface area contributed by atoms with E-state index in [1.165, 1.54) is 23.5 Å². The standard InChI is InChI=1S/C18H23FN4OS/c1-11(2)7-14-9-16(23-22-14)17(24)21-18-20-10-15(25-18)8-12-3-5-13(19)6-4-12/h3-6,10-11,14,16,22-23H,7-9H2,1-2H3,(H,20,21,24). The molecule has 0 saturated carbocycles. The van der Waals surface area contributed by atoms with Crippen molar-refractivity contribution < 1.29 is 9.18 Å². The molecule has 5 nitrogen and oxygen atoms in total. The summed E-state index contributed by atoms with van der Waals surface area (Å²) in [5, 5.41) is 3.47. The van der Waals surface area contributed by atoms with Gasteiger partial charge in [0.15, 0.2) is 5.13 Å². The minimum Gasteiger partial charge on any atom is -0.301 e. The maximum Gasteiger partial charge on any atom is 0.244 e. The first-order valence-corrected chi connectivity index (χ1v) is 9.32. The second-order valence-electron chi connectivity index (χ2n) is 6.83. The average molecular weight is 362 g/mol. The number of amides is 1. The van der Waals surface area contributed by atoms with Gasteiger partial charge in [0.05, 0.1) is 0 Å². The van der Waals surface area contributed by atoms with Gasteiger partial charge >= 0.3 is 0 Å². The molecule has 1 aromatic heterocycles. The number of hydrogen-bond acceptors (Lipinski definition) is 5. The Kier molecular flexibility index (Phi) is 5.78. The van der Waals surface area contributed by atoms with Crippen molar-refractivity contribution in [3.05, 3.63) is 46.7 Å². The molecule has 2 heterocycles. The Bertz CT molecular complexity index is 716. The Morgan fingerprint density at radius 3 is 2.84 bits per heavy atom. The van der Waals surface area contributed by atoms with Crippen molar-refractivity contribution in [3.8, 4) is 0 Å². The van der Waals surface area contributed by atoms with E-state index < -0.39 is 0 Å². The Balaban J connectivity index is 1.53. The summed E-state index contributed by atoms with van der Waals surface area (Å²) in [7, 11) is 0. The van der Waals surface area contributed by atoms with Crippen LogP contribution in [0.2, 0.25) is 0 Å². The molecule has 1 aliphatic rings. The van der Waals surface area contributed by atoms with E-state index in [-0.39, 0.29) is 17.8 Å². The maximum absolute atomic E-state index is 12.9. The van der Waals surface area contributed by atoms with E-state index in [1.807, 2.05) is 0 Å². The first-order chi connectivity index (χ1) is 12.0. The monoisotopic (exact) mass is 362 g/mol. The minimum atomic E-state index is -0.242. The van der Waals surface area contributed by atoms with Gasteiger partial charge in [-0.25, -0.2) is 14.8 Å². The molecular formula is C18H23FN4OS. The Labute approximate surface area is 151 Å². The van der Waals surface area contributed by atoms with E-state index in [1.54, 1.807) is 18.3 Å². The zero-order valence-corrected chi connectivity index (χ0v) is 15.2. The number of nitrogens with zero attached hydrogens (tertiary/aromatic N) is 1. The summed E-state index contributed by atoms with van der Waals surface area (Å²) in [4.78, 5) is 17.7. The van der Waals surface area contributed by atoms with Crippen molar-refractivity contribution in [1.82, 2.24) is 15.8 Å². The molecule has 1 fully saturated rings. The highest BCUT2D eigenvalue weighted by atomic mass is 32.1. The first kappa shape index (κ1) is 18.0. The summed E-state index contributed by atoms with van der Waals surface area (Å²) in [5.74, 6) is 0.282. The van der Waals surface area contributed by atoms with Crippen molar-refractivity contribution >= 4 is 22.4 Å². The Hall–Kier alpha value is -1.83. The summed E-state index contributed by atoms with van der Waals surface area (Å²) >= 11 is 1.45. The molecule has 1 aromatic carbocycles. The molecule has 7 heteroatoms. The normalized spacial score (nSPS) is 20.2. The molecule has 134 valence electrons. The van der Waals surface area contributed by atoms with Crippen LogP contribution in [-0.2, 0) is 11.2 Å². The largest absolute Gasteiger partial charge is 0.301 e. The fraction of sp³-hybridized carbons (Fsp3) is 0.444. The molecule has 1 aliphatic heterocycles. The molecule has 2 atom stereocenters. The van der Waals surface area contributed by atoms with E-state index >= 15 is 0 Å². The van der Waals surface area contributed by atoms with Crippen LogP contribution in [0.3, 0.4) is 0 Å². The van der Waals surface area contributed by atoms with Crippen LogP contribution in [-0.4, -0.2) is 23.0 Å². The average Bonchev–Trinajstić information content (AvgIpc) is 3.19. The van der Waals surface area contributed by atoms with Crippen LogP contribution in [0.15, 0.2) is 30.5 Å². The van der Waals surface area contributed by atoms with Gasteiger partial charge in [0.25, 0.3) is 0 Å². The van der Waals surface area contributed by atoms with Crippen LogP contribution < -0.4 is 16.2 Å². The second-order valence-corrected chi connectivity index (χ2v) is 7.94. The topological polar surface area (TPSA) is 66.0 Å². The quantitative estimate of drug-likeness (QED) is 0.739. The number of aromatic nitrogens is 1. The fourth-order valence-corrected chi connectivity index (χ4v) is 3.81. The molecule has 3 rings (SSSR count). The van der Waals surface area contributed by atoms with Crippen molar-refractivity contribution in [2.24, 2.45) is 5.92 Å². The lowest BCUT2D eigenvalue weighted by Gasteiger charge is -2.11. The summed E-state index contributed by atoms with van der Waals surface area (Å²) in [6.07, 6.45) is 4.24. The molecular weight excluding hydrogens is 339 g/mol. The number of thiazole rings is 1. The molecule has 2 aromatic rings. The number of hydrazine groups is 1. The van der Waals surface area contributed by atoms with Crippen molar-refractivity contribution in [3.63, 3.8) is 0 Å². The van der Waals surface area contributed by atoms with Crippen molar-refractivity contribution in [2.45, 2.75) is 45.2 Å². The lowest BCUT2D eigenvalue weighted by molar-refractivity contribution is -0.117. The highest BCUT2D eigenvalue weighted by Gasteiger charge is 2.29. The molecule has 0 aliphatic carbocycles. The summed E-state index contributed by atoms with van der Waals surface area (Å²) < 4.78 is 12.9. The van der Waals surface area contributed by atoms with Crippen molar-refractivity contribution in [1.29, 1.82) is 0 Å². The fourth-order valence-electron chi connectivity index (χ4n) is 2.96. The molecule has 0 radical (unpaired) electrons. The first-order valence-electron chi connectivity index (χ1n) is 8.50. The van der Waals surface area contributed by atoms with Gasteiger partial charge in [-0.1, -0.05) is 26.0 Å². The van der Waals surface area contributed by atoms with Gasteiger partial charge in [-0.05, 0) is 36.5 Å². The van der Waals surface area contributed by atoms with Crippen LogP contribution in [0.1, 0.15) is 37.1 Å². The zero-order chi connectivity index (χ0) is 17.8. The van der Waals surface area contributed by atoms with Gasteiger partial charge in [0, 0.05) is 23.5 Å². The lowest BCUT2D eigenvalue weighted by Crippen LogP contribution is -2.40. The van der Waals surface area contributed by atoms with E-state index in [2.05, 4.69) is 35.0 Å². The lowest BCUT2D eigenvalue weighted by atomic mass is 10.00. The summed E-state index contributed by atoms with van der Waals surface area (Å²) in [6, 6.07) is 6.50. The third-order valence-corrected chi connectivity index (χ3v) is 5.04. The van der Waals surface area contributed by atoms with E-state index in [4.69, 9.17) is 0 Å². The number of carbonyl (C=O) groups is 1. The smallest absolute Gasteiger partial charge is 0.244 e. The third kappa shape index (κ3) is 5.07. The molecule has 1 saturated heterocycles. The molecule has 1 amide bonds. The number of rotatable bonds is 6. The van der Waals surface area contributed by atoms with Gasteiger partial charge in [0.1, 0.15) is 11.9 Å². The van der Waals surface area contributed by atoms with E-state index in [0.717, 1.165) is 23.3 Å². The van der Waals surface area contributed by atoms with Gasteiger partial charge in [-0.2, -0.15) is 0 Å².